The normalized spacial score (nSPS) is 22.7. The Bertz CT molecular complexity index is 1040. The van der Waals surface area contributed by atoms with Crippen LogP contribution in [0, 0.1) is 0 Å². The van der Waals surface area contributed by atoms with Gasteiger partial charge in [-0.15, -0.1) is 24.8 Å². The first-order valence-electron chi connectivity index (χ1n) is 11.9. The topological polar surface area (TPSA) is 114 Å². The predicted octanol–water partition coefficient (Wildman–Crippen LogP) is 4.09. The number of nitrogens with two attached hydrogens (primary N) is 1. The number of nitrogens with one attached hydrogen (secondary N) is 2. The van der Waals surface area contributed by atoms with Crippen LogP contribution in [0.2, 0.25) is 0 Å². The molecule has 0 bridgehead atoms. The lowest BCUT2D eigenvalue weighted by Gasteiger charge is -2.31. The van der Waals surface area contributed by atoms with E-state index in [1.54, 1.807) is 0 Å². The third-order valence-electron chi connectivity index (χ3n) is 6.89. The van der Waals surface area contributed by atoms with Gasteiger partial charge in [0.25, 0.3) is 0 Å². The minimum absolute atomic E-state index is 0. The highest BCUT2D eigenvalue weighted by molar-refractivity contribution is 5.86. The van der Waals surface area contributed by atoms with Crippen LogP contribution in [0.3, 0.4) is 0 Å². The number of aliphatic hydroxyl groups excluding tert-OH is 1. The van der Waals surface area contributed by atoms with Crippen LogP contribution in [-0.2, 0) is 6.42 Å². The molecule has 2 aromatic heterocycles. The average Bonchev–Trinajstić information content (AvgIpc) is 3.47. The molecule has 2 aliphatic rings. The zero-order chi connectivity index (χ0) is 21.9. The Morgan fingerprint density at radius 2 is 1.79 bits per heavy atom. The van der Waals surface area contributed by atoms with Gasteiger partial charge >= 0.3 is 0 Å². The van der Waals surface area contributed by atoms with E-state index in [-0.39, 0.29) is 36.9 Å². The number of halogens is 2. The fourth-order valence-corrected chi connectivity index (χ4v) is 5.01. The van der Waals surface area contributed by atoms with Gasteiger partial charge in [-0.25, -0.2) is 4.98 Å². The maximum absolute atomic E-state index is 10.2. The molecule has 0 amide bonds. The predicted molar refractivity (Wildman–Crippen MR) is 141 cm³/mol. The lowest BCUT2D eigenvalue weighted by atomic mass is 9.89. The van der Waals surface area contributed by atoms with E-state index in [0.29, 0.717) is 18.4 Å². The van der Waals surface area contributed by atoms with Gasteiger partial charge in [0, 0.05) is 24.7 Å². The van der Waals surface area contributed by atoms with Gasteiger partial charge in [-0.2, -0.15) is 9.97 Å². The van der Waals surface area contributed by atoms with Crippen molar-refractivity contribution in [1.29, 1.82) is 0 Å². The van der Waals surface area contributed by atoms with Gasteiger partial charge in [-0.3, -0.25) is 0 Å². The third-order valence-corrected chi connectivity index (χ3v) is 6.89. The maximum atomic E-state index is 10.2. The van der Waals surface area contributed by atoms with Crippen molar-refractivity contribution in [3.05, 3.63) is 42.2 Å². The Kier molecular flexibility index (Phi) is 9.36. The second-order valence-electron chi connectivity index (χ2n) is 9.21. The van der Waals surface area contributed by atoms with Crippen molar-refractivity contribution in [2.24, 2.45) is 5.73 Å². The van der Waals surface area contributed by atoms with Crippen LogP contribution < -0.4 is 16.4 Å². The Balaban J connectivity index is 0.00000162. The molecule has 10 heteroatoms. The summed E-state index contributed by atoms with van der Waals surface area (Å²) in [5.74, 6) is 1.35. The van der Waals surface area contributed by atoms with E-state index in [4.69, 9.17) is 15.7 Å². The lowest BCUT2D eigenvalue weighted by molar-refractivity contribution is 0.103. The minimum atomic E-state index is -0.488. The van der Waals surface area contributed by atoms with Crippen molar-refractivity contribution in [2.75, 3.05) is 17.2 Å². The highest BCUT2D eigenvalue weighted by atomic mass is 35.5. The number of imidazole rings is 1. The first kappa shape index (κ1) is 26.5. The molecule has 0 spiro atoms. The van der Waals surface area contributed by atoms with Crippen LogP contribution in [0.4, 0.5) is 11.8 Å². The molecule has 34 heavy (non-hydrogen) atoms. The van der Waals surface area contributed by atoms with E-state index in [1.165, 1.54) is 31.2 Å². The van der Waals surface area contributed by atoms with Gasteiger partial charge in [0.1, 0.15) is 0 Å². The van der Waals surface area contributed by atoms with E-state index in [0.717, 1.165) is 42.8 Å². The van der Waals surface area contributed by atoms with Crippen LogP contribution in [0.25, 0.3) is 11.2 Å². The Morgan fingerprint density at radius 1 is 1.03 bits per heavy atom. The molecule has 3 aromatic rings. The van der Waals surface area contributed by atoms with Crippen LogP contribution >= 0.6 is 24.8 Å². The summed E-state index contributed by atoms with van der Waals surface area (Å²) in [4.78, 5) is 14.3. The molecule has 186 valence electrons. The van der Waals surface area contributed by atoms with Crippen LogP contribution in [0.1, 0.15) is 56.6 Å². The number of aliphatic hydroxyl groups is 1. The second-order valence-corrected chi connectivity index (χ2v) is 9.21. The van der Waals surface area contributed by atoms with Crippen LogP contribution in [0.15, 0.2) is 36.7 Å². The van der Waals surface area contributed by atoms with Crippen LogP contribution in [0.5, 0.6) is 0 Å². The van der Waals surface area contributed by atoms with Gasteiger partial charge in [0.15, 0.2) is 17.0 Å². The number of nitrogens with zero attached hydrogens (tertiary/aromatic N) is 4. The Hall–Kier alpha value is -2.13. The Labute approximate surface area is 213 Å². The number of rotatable bonds is 7. The fourth-order valence-electron chi connectivity index (χ4n) is 5.01. The summed E-state index contributed by atoms with van der Waals surface area (Å²) in [6.45, 7) is 0.767. The zero-order valence-corrected chi connectivity index (χ0v) is 20.9. The van der Waals surface area contributed by atoms with Gasteiger partial charge in [0.05, 0.1) is 12.4 Å². The molecule has 2 heterocycles. The fraction of sp³-hybridized carbons (Fsp3) is 0.542. The van der Waals surface area contributed by atoms with Gasteiger partial charge in [-0.1, -0.05) is 43.2 Å². The van der Waals surface area contributed by atoms with E-state index in [1.807, 2.05) is 12.4 Å². The van der Waals surface area contributed by atoms with Crippen molar-refractivity contribution >= 4 is 47.7 Å². The van der Waals surface area contributed by atoms with Crippen molar-refractivity contribution in [3.63, 3.8) is 0 Å². The number of aromatic nitrogens is 4. The first-order chi connectivity index (χ1) is 15.7. The summed E-state index contributed by atoms with van der Waals surface area (Å²) in [7, 11) is 0. The molecule has 2 fully saturated rings. The van der Waals surface area contributed by atoms with E-state index < -0.39 is 6.10 Å². The van der Waals surface area contributed by atoms with Gasteiger partial charge < -0.3 is 26.0 Å². The van der Waals surface area contributed by atoms with E-state index >= 15 is 0 Å². The lowest BCUT2D eigenvalue weighted by Crippen LogP contribution is -2.44. The average molecular weight is 508 g/mol. The standard InChI is InChI=1S/C24H33N7O.2ClH/c25-19-11-10-17(14-20(19)32)28-24-29-22(26-13-12-16-6-2-1-3-7-16)21-23(30-24)31(15-27-21)18-8-4-5-9-18;;/h1-3,6-7,15,17-20,32H,4-5,8-14,25H2,(H2,26,28,29,30);2*1H. The van der Waals surface area contributed by atoms with E-state index in [9.17, 15) is 5.11 Å². The quantitative estimate of drug-likeness (QED) is 0.380. The highest BCUT2D eigenvalue weighted by Crippen LogP contribution is 2.33. The molecule has 2 aliphatic carbocycles. The second kappa shape index (κ2) is 12.0. The summed E-state index contributed by atoms with van der Waals surface area (Å²) in [6, 6.07) is 10.9. The molecule has 5 N–H and O–H groups in total. The molecule has 2 saturated carbocycles. The first-order valence-corrected chi connectivity index (χ1v) is 11.9. The molecule has 0 saturated heterocycles. The van der Waals surface area contributed by atoms with Gasteiger partial charge in [0.2, 0.25) is 5.95 Å². The van der Waals surface area contributed by atoms with Crippen molar-refractivity contribution in [2.45, 2.75) is 75.6 Å². The molecular weight excluding hydrogens is 473 g/mol. The molecule has 0 aliphatic heterocycles. The molecular formula is C24H35Cl2N7O. The molecule has 5 rings (SSSR count). The minimum Gasteiger partial charge on any atom is -0.391 e. The largest absolute Gasteiger partial charge is 0.391 e. The monoisotopic (exact) mass is 507 g/mol. The summed E-state index contributed by atoms with van der Waals surface area (Å²) in [5, 5.41) is 17.2. The van der Waals surface area contributed by atoms with Crippen molar-refractivity contribution in [1.82, 2.24) is 19.5 Å². The molecule has 3 unspecified atom stereocenters. The molecule has 8 nitrogen and oxygen atoms in total. The molecule has 0 radical (unpaired) electrons. The Morgan fingerprint density at radius 3 is 2.53 bits per heavy atom. The van der Waals surface area contributed by atoms with Gasteiger partial charge in [-0.05, 0) is 44.1 Å². The summed E-state index contributed by atoms with van der Waals surface area (Å²) in [6.07, 6.45) is 9.49. The number of fused-ring (bicyclic) bond motifs is 1. The number of hydrogen-bond donors (Lipinski definition) is 4. The third kappa shape index (κ3) is 5.92. The molecule has 1 aromatic carbocycles. The maximum Gasteiger partial charge on any atom is 0.227 e. The summed E-state index contributed by atoms with van der Waals surface area (Å²) >= 11 is 0. The van der Waals surface area contributed by atoms with E-state index in [2.05, 4.69) is 44.5 Å². The van der Waals surface area contributed by atoms with Crippen molar-refractivity contribution < 1.29 is 5.11 Å². The number of anilines is 2. The highest BCUT2D eigenvalue weighted by Gasteiger charge is 2.28. The smallest absolute Gasteiger partial charge is 0.227 e. The number of hydrogen-bond acceptors (Lipinski definition) is 7. The van der Waals surface area contributed by atoms with Crippen molar-refractivity contribution in [3.8, 4) is 0 Å². The summed E-state index contributed by atoms with van der Waals surface area (Å²) < 4.78 is 2.23. The van der Waals surface area contributed by atoms with Crippen LogP contribution in [-0.4, -0.2) is 49.4 Å². The number of benzene rings is 1. The zero-order valence-electron chi connectivity index (χ0n) is 19.3. The molecule has 3 atom stereocenters. The summed E-state index contributed by atoms with van der Waals surface area (Å²) in [5.41, 5.74) is 8.97. The SMILES string of the molecule is Cl.Cl.NC1CCC(Nc2nc(NCCc3ccccc3)c3ncn(C4CCCC4)c3n2)CC1O.